The van der Waals surface area contributed by atoms with E-state index < -0.39 is 0 Å². The molecule has 2 aromatic carbocycles. The van der Waals surface area contributed by atoms with Crippen molar-refractivity contribution in [3.63, 3.8) is 0 Å². The number of benzene rings is 2. The smallest absolute Gasteiger partial charge is 0.244 e. The van der Waals surface area contributed by atoms with Gasteiger partial charge in [0.05, 0.1) is 11.6 Å². The lowest BCUT2D eigenvalue weighted by Gasteiger charge is -2.21. The molecular formula is C18H16ClN3O2. The fourth-order valence-corrected chi connectivity index (χ4v) is 2.46. The lowest BCUT2D eigenvalue weighted by molar-refractivity contribution is -0.120. The van der Waals surface area contributed by atoms with Crippen molar-refractivity contribution in [1.29, 1.82) is 5.26 Å². The predicted octanol–water partition coefficient (Wildman–Crippen LogP) is 3.51. The molecule has 6 heteroatoms. The van der Waals surface area contributed by atoms with Gasteiger partial charge >= 0.3 is 0 Å². The summed E-state index contributed by atoms with van der Waals surface area (Å²) in [5.74, 6) is -0.619. The molecular weight excluding hydrogens is 326 g/mol. The molecule has 0 fully saturated rings. The van der Waals surface area contributed by atoms with Gasteiger partial charge in [0.15, 0.2) is 0 Å². The van der Waals surface area contributed by atoms with Crippen molar-refractivity contribution in [2.24, 2.45) is 0 Å². The second-order valence-electron chi connectivity index (χ2n) is 5.27. The fraction of sp³-hybridized carbons (Fsp3) is 0.167. The first-order chi connectivity index (χ1) is 11.4. The van der Waals surface area contributed by atoms with E-state index in [0.717, 1.165) is 5.56 Å². The Morgan fingerprint density at radius 1 is 1.25 bits per heavy atom. The van der Waals surface area contributed by atoms with Crippen molar-refractivity contribution < 1.29 is 9.59 Å². The normalized spacial score (nSPS) is 9.92. The third-order valence-corrected chi connectivity index (χ3v) is 3.67. The van der Waals surface area contributed by atoms with Crippen LogP contribution < -0.4 is 10.2 Å². The van der Waals surface area contributed by atoms with Gasteiger partial charge in [-0.05, 0) is 48.9 Å². The van der Waals surface area contributed by atoms with Gasteiger partial charge in [-0.15, -0.1) is 0 Å². The first-order valence-electron chi connectivity index (χ1n) is 7.25. The monoisotopic (exact) mass is 341 g/mol. The Kier molecular flexibility index (Phi) is 5.56. The number of hydrogen-bond donors (Lipinski definition) is 1. The molecule has 5 nitrogen and oxygen atoms in total. The maximum Gasteiger partial charge on any atom is 0.244 e. The van der Waals surface area contributed by atoms with Crippen molar-refractivity contribution in [2.45, 2.75) is 13.8 Å². The highest BCUT2D eigenvalue weighted by molar-refractivity contribution is 6.30. The Bertz CT molecular complexity index is 827. The van der Waals surface area contributed by atoms with Gasteiger partial charge in [-0.25, -0.2) is 0 Å². The van der Waals surface area contributed by atoms with Gasteiger partial charge in [-0.1, -0.05) is 17.7 Å². The summed E-state index contributed by atoms with van der Waals surface area (Å²) >= 11 is 5.90. The molecule has 0 spiro atoms. The van der Waals surface area contributed by atoms with E-state index >= 15 is 0 Å². The van der Waals surface area contributed by atoms with Crippen LogP contribution in [0, 0.1) is 18.3 Å². The number of anilines is 2. The summed E-state index contributed by atoms with van der Waals surface area (Å²) in [4.78, 5) is 25.5. The molecule has 0 atom stereocenters. The van der Waals surface area contributed by atoms with Gasteiger partial charge in [0, 0.05) is 23.3 Å². The molecule has 0 aliphatic carbocycles. The third-order valence-electron chi connectivity index (χ3n) is 3.43. The van der Waals surface area contributed by atoms with E-state index in [4.69, 9.17) is 16.9 Å². The molecule has 24 heavy (non-hydrogen) atoms. The van der Waals surface area contributed by atoms with E-state index in [0.29, 0.717) is 22.0 Å². The number of nitrogens with zero attached hydrogens (tertiary/aromatic N) is 2. The van der Waals surface area contributed by atoms with Crippen molar-refractivity contribution >= 4 is 34.8 Å². The van der Waals surface area contributed by atoms with Crippen molar-refractivity contribution in [3.8, 4) is 6.07 Å². The molecule has 2 amide bonds. The van der Waals surface area contributed by atoms with Crippen LogP contribution in [0.5, 0.6) is 0 Å². The average Bonchev–Trinajstić information content (AvgIpc) is 2.55. The van der Waals surface area contributed by atoms with Gasteiger partial charge in [-0.3, -0.25) is 9.59 Å². The molecule has 0 aliphatic rings. The van der Waals surface area contributed by atoms with Crippen LogP contribution in [0.3, 0.4) is 0 Å². The maximum absolute atomic E-state index is 12.3. The Labute approximate surface area is 145 Å². The first-order valence-corrected chi connectivity index (χ1v) is 7.63. The number of nitriles is 1. The quantitative estimate of drug-likeness (QED) is 0.924. The Balaban J connectivity index is 2.17. The van der Waals surface area contributed by atoms with E-state index in [9.17, 15) is 9.59 Å². The molecule has 1 N–H and O–H groups in total. The topological polar surface area (TPSA) is 73.2 Å². The summed E-state index contributed by atoms with van der Waals surface area (Å²) in [6, 6.07) is 13.7. The van der Waals surface area contributed by atoms with Gasteiger partial charge in [0.1, 0.15) is 6.54 Å². The molecule has 122 valence electrons. The van der Waals surface area contributed by atoms with Crippen LogP contribution in [0.25, 0.3) is 0 Å². The van der Waals surface area contributed by atoms with Crippen LogP contribution in [-0.4, -0.2) is 18.4 Å². The molecule has 0 aliphatic heterocycles. The number of amides is 2. The average molecular weight is 342 g/mol. The van der Waals surface area contributed by atoms with Crippen molar-refractivity contribution in [1.82, 2.24) is 0 Å². The van der Waals surface area contributed by atoms with Crippen LogP contribution in [-0.2, 0) is 9.59 Å². The maximum atomic E-state index is 12.3. The molecule has 0 saturated heterocycles. The SMILES string of the molecule is CC(=O)N(CC(=O)Nc1ccc(Cl)cc1C)c1cccc(C#N)c1. The summed E-state index contributed by atoms with van der Waals surface area (Å²) in [5.41, 5.74) is 2.40. The number of rotatable bonds is 4. The highest BCUT2D eigenvalue weighted by Gasteiger charge is 2.16. The highest BCUT2D eigenvalue weighted by Crippen LogP contribution is 2.20. The van der Waals surface area contributed by atoms with E-state index in [2.05, 4.69) is 5.32 Å². The third kappa shape index (κ3) is 4.34. The summed E-state index contributed by atoms with van der Waals surface area (Å²) < 4.78 is 0. The van der Waals surface area contributed by atoms with Crippen molar-refractivity contribution in [3.05, 3.63) is 58.6 Å². The number of carbonyl (C=O) groups is 2. The zero-order valence-corrected chi connectivity index (χ0v) is 14.1. The lowest BCUT2D eigenvalue weighted by Crippen LogP contribution is -2.36. The van der Waals surface area contributed by atoms with E-state index in [1.54, 1.807) is 42.5 Å². The van der Waals surface area contributed by atoms with Crippen molar-refractivity contribution in [2.75, 3.05) is 16.8 Å². The van der Waals surface area contributed by atoms with E-state index in [-0.39, 0.29) is 18.4 Å². The number of halogens is 1. The molecule has 2 aromatic rings. The second kappa shape index (κ2) is 7.62. The molecule has 2 rings (SSSR count). The largest absolute Gasteiger partial charge is 0.324 e. The number of aryl methyl sites for hydroxylation is 1. The van der Waals surface area contributed by atoms with E-state index in [1.807, 2.05) is 13.0 Å². The van der Waals surface area contributed by atoms with Crippen LogP contribution in [0.15, 0.2) is 42.5 Å². The second-order valence-corrected chi connectivity index (χ2v) is 5.71. The lowest BCUT2D eigenvalue weighted by atomic mass is 10.2. The predicted molar refractivity (Wildman–Crippen MR) is 94.0 cm³/mol. The molecule has 0 heterocycles. The zero-order chi connectivity index (χ0) is 17.7. The standard InChI is InChI=1S/C18H16ClN3O2/c1-12-8-15(19)6-7-17(12)21-18(24)11-22(13(2)23)16-5-3-4-14(9-16)10-20/h3-9H,11H2,1-2H3,(H,21,24). The van der Waals surface area contributed by atoms with Crippen LogP contribution in [0.2, 0.25) is 5.02 Å². The minimum atomic E-state index is -0.335. The van der Waals surface area contributed by atoms with Crippen LogP contribution in [0.1, 0.15) is 18.1 Å². The molecule has 0 radical (unpaired) electrons. The number of hydrogen-bond acceptors (Lipinski definition) is 3. The Morgan fingerprint density at radius 3 is 2.62 bits per heavy atom. The molecule has 0 aromatic heterocycles. The minimum absolute atomic E-state index is 0.147. The number of carbonyl (C=O) groups excluding carboxylic acids is 2. The fourth-order valence-electron chi connectivity index (χ4n) is 2.23. The Hall–Kier alpha value is -2.84. The molecule has 0 bridgehead atoms. The summed E-state index contributed by atoms with van der Waals surface area (Å²) in [6.07, 6.45) is 0. The highest BCUT2D eigenvalue weighted by atomic mass is 35.5. The van der Waals surface area contributed by atoms with Crippen LogP contribution >= 0.6 is 11.6 Å². The van der Waals surface area contributed by atoms with E-state index in [1.165, 1.54) is 11.8 Å². The van der Waals surface area contributed by atoms with Crippen LogP contribution in [0.4, 0.5) is 11.4 Å². The zero-order valence-electron chi connectivity index (χ0n) is 13.3. The first kappa shape index (κ1) is 17.5. The van der Waals surface area contributed by atoms with Gasteiger partial charge in [0.25, 0.3) is 0 Å². The summed E-state index contributed by atoms with van der Waals surface area (Å²) in [5, 5.41) is 12.3. The summed E-state index contributed by atoms with van der Waals surface area (Å²) in [7, 11) is 0. The molecule has 0 unspecified atom stereocenters. The van der Waals surface area contributed by atoms with Gasteiger partial charge in [0.2, 0.25) is 11.8 Å². The number of nitrogens with one attached hydrogen (secondary N) is 1. The minimum Gasteiger partial charge on any atom is -0.324 e. The van der Waals surface area contributed by atoms with Gasteiger partial charge in [-0.2, -0.15) is 5.26 Å². The van der Waals surface area contributed by atoms with Gasteiger partial charge < -0.3 is 10.2 Å². The molecule has 0 saturated carbocycles. The summed E-state index contributed by atoms with van der Waals surface area (Å²) in [6.45, 7) is 3.06. The Morgan fingerprint density at radius 2 is 2.00 bits per heavy atom.